The summed E-state index contributed by atoms with van der Waals surface area (Å²) >= 11 is 0. The highest BCUT2D eigenvalue weighted by atomic mass is 16.5. The highest BCUT2D eigenvalue weighted by Gasteiger charge is 2.23. The van der Waals surface area contributed by atoms with Gasteiger partial charge in [0.25, 0.3) is 0 Å². The van der Waals surface area contributed by atoms with Gasteiger partial charge in [0.05, 0.1) is 32.6 Å². The van der Waals surface area contributed by atoms with Gasteiger partial charge in [0.15, 0.2) is 23.0 Å². The van der Waals surface area contributed by atoms with Crippen LogP contribution >= 0.6 is 0 Å². The Labute approximate surface area is 193 Å². The van der Waals surface area contributed by atoms with Crippen LogP contribution in [-0.2, 0) is 0 Å². The second-order valence-electron chi connectivity index (χ2n) is 7.61. The number of ether oxygens (including phenoxy) is 4. The summed E-state index contributed by atoms with van der Waals surface area (Å²) in [6, 6.07) is 11.9. The van der Waals surface area contributed by atoms with E-state index in [2.05, 4.69) is 0 Å². The minimum atomic E-state index is -0.125. The summed E-state index contributed by atoms with van der Waals surface area (Å²) < 4.78 is 22.1. The number of anilines is 1. The molecule has 0 aliphatic heterocycles. The molecule has 3 rings (SSSR count). The van der Waals surface area contributed by atoms with Crippen molar-refractivity contribution < 1.29 is 29.2 Å². The van der Waals surface area contributed by atoms with Crippen molar-refractivity contribution in [2.45, 2.75) is 13.8 Å². The van der Waals surface area contributed by atoms with E-state index in [1.165, 1.54) is 27.4 Å². The van der Waals surface area contributed by atoms with Crippen LogP contribution in [0.1, 0.15) is 13.8 Å². The molecule has 3 aromatic rings. The fraction of sp³-hybridized carbons (Fsp3) is 0.231. The molecule has 0 fully saturated rings. The van der Waals surface area contributed by atoms with Crippen LogP contribution in [0.15, 0.2) is 54.1 Å². The molecule has 0 unspecified atom stereocenters. The number of nitrogen functional groups attached to an aromatic ring is 1. The van der Waals surface area contributed by atoms with Crippen LogP contribution in [0.2, 0.25) is 0 Å². The molecular formula is C26H29NO6. The molecule has 7 nitrogen and oxygen atoms in total. The fourth-order valence-electron chi connectivity index (χ4n) is 3.46. The van der Waals surface area contributed by atoms with Gasteiger partial charge in [-0.05, 0) is 61.4 Å². The Morgan fingerprint density at radius 2 is 1.55 bits per heavy atom. The number of nitrogens with two attached hydrogens (primary N) is 1. The average molecular weight is 452 g/mol. The molecule has 174 valence electrons. The second kappa shape index (κ2) is 10.1. The van der Waals surface area contributed by atoms with Crippen molar-refractivity contribution in [2.24, 2.45) is 0 Å². The van der Waals surface area contributed by atoms with Crippen molar-refractivity contribution in [1.82, 2.24) is 0 Å². The van der Waals surface area contributed by atoms with Crippen LogP contribution in [0, 0.1) is 0 Å². The molecule has 0 radical (unpaired) electrons. The largest absolute Gasteiger partial charge is 0.504 e. The molecule has 33 heavy (non-hydrogen) atoms. The van der Waals surface area contributed by atoms with Crippen LogP contribution in [0.4, 0.5) is 5.69 Å². The number of benzene rings is 3. The lowest BCUT2D eigenvalue weighted by atomic mass is 9.96. The number of hydrogen-bond acceptors (Lipinski definition) is 7. The van der Waals surface area contributed by atoms with E-state index in [4.69, 9.17) is 24.7 Å². The number of rotatable bonds is 8. The van der Waals surface area contributed by atoms with Gasteiger partial charge >= 0.3 is 0 Å². The van der Waals surface area contributed by atoms with E-state index in [0.29, 0.717) is 46.2 Å². The van der Waals surface area contributed by atoms with E-state index >= 15 is 0 Å². The van der Waals surface area contributed by atoms with E-state index in [-0.39, 0.29) is 17.2 Å². The lowest BCUT2D eigenvalue weighted by Gasteiger charge is -2.19. The Bertz CT molecular complexity index is 1180. The highest BCUT2D eigenvalue weighted by Crippen LogP contribution is 2.50. The highest BCUT2D eigenvalue weighted by molar-refractivity contribution is 5.88. The smallest absolute Gasteiger partial charge is 0.170 e. The SMILES string of the molecule is COc1cc(-c2cc(OC)c(-c3ccc(OCC=C(C)C)c(O)c3)c(O)c2OC)ccc1N. The predicted molar refractivity (Wildman–Crippen MR) is 130 cm³/mol. The number of hydrogen-bond donors (Lipinski definition) is 3. The van der Waals surface area contributed by atoms with Crippen molar-refractivity contribution in [2.75, 3.05) is 33.7 Å². The number of methoxy groups -OCH3 is 3. The van der Waals surface area contributed by atoms with Gasteiger partial charge in [-0.3, -0.25) is 0 Å². The molecule has 0 amide bonds. The van der Waals surface area contributed by atoms with Crippen LogP contribution in [0.5, 0.6) is 34.5 Å². The van der Waals surface area contributed by atoms with Crippen LogP contribution in [-0.4, -0.2) is 38.1 Å². The van der Waals surface area contributed by atoms with Gasteiger partial charge in [0.2, 0.25) is 0 Å². The Morgan fingerprint density at radius 3 is 2.15 bits per heavy atom. The van der Waals surface area contributed by atoms with Gasteiger partial charge in [-0.25, -0.2) is 0 Å². The van der Waals surface area contributed by atoms with E-state index in [9.17, 15) is 10.2 Å². The number of phenolic OH excluding ortho intramolecular Hbond substituents is 2. The molecular weight excluding hydrogens is 422 g/mol. The molecule has 0 atom stereocenters. The van der Waals surface area contributed by atoms with Crippen LogP contribution in [0.25, 0.3) is 22.3 Å². The zero-order valence-electron chi connectivity index (χ0n) is 19.4. The third kappa shape index (κ3) is 4.92. The number of aromatic hydroxyl groups is 2. The summed E-state index contributed by atoms with van der Waals surface area (Å²) in [5.74, 6) is 1.32. The molecule has 0 heterocycles. The molecule has 0 saturated heterocycles. The van der Waals surface area contributed by atoms with Crippen molar-refractivity contribution >= 4 is 5.69 Å². The molecule has 0 aliphatic rings. The van der Waals surface area contributed by atoms with E-state index in [1.54, 1.807) is 36.4 Å². The molecule has 3 aromatic carbocycles. The van der Waals surface area contributed by atoms with Crippen molar-refractivity contribution in [3.63, 3.8) is 0 Å². The van der Waals surface area contributed by atoms with Gasteiger partial charge in [-0.1, -0.05) is 17.7 Å². The number of phenols is 2. The van der Waals surface area contributed by atoms with Crippen molar-refractivity contribution in [1.29, 1.82) is 0 Å². The summed E-state index contributed by atoms with van der Waals surface area (Å²) in [4.78, 5) is 0. The quantitative estimate of drug-likeness (QED) is 0.312. The third-order valence-corrected chi connectivity index (χ3v) is 5.16. The van der Waals surface area contributed by atoms with Crippen molar-refractivity contribution in [3.05, 3.63) is 54.1 Å². The minimum Gasteiger partial charge on any atom is -0.504 e. The third-order valence-electron chi connectivity index (χ3n) is 5.16. The maximum absolute atomic E-state index is 11.2. The Balaban J connectivity index is 2.11. The zero-order chi connectivity index (χ0) is 24.1. The van der Waals surface area contributed by atoms with E-state index in [0.717, 1.165) is 11.1 Å². The molecule has 0 aliphatic carbocycles. The zero-order valence-corrected chi connectivity index (χ0v) is 19.4. The second-order valence-corrected chi connectivity index (χ2v) is 7.61. The Morgan fingerprint density at radius 1 is 0.848 bits per heavy atom. The monoisotopic (exact) mass is 451 g/mol. The van der Waals surface area contributed by atoms with Crippen molar-refractivity contribution in [3.8, 4) is 56.8 Å². The van der Waals surface area contributed by atoms with Crippen LogP contribution < -0.4 is 24.7 Å². The van der Waals surface area contributed by atoms with Gasteiger partial charge < -0.3 is 34.9 Å². The number of allylic oxidation sites excluding steroid dienone is 1. The van der Waals surface area contributed by atoms with Gasteiger partial charge in [-0.15, -0.1) is 0 Å². The summed E-state index contributed by atoms with van der Waals surface area (Å²) in [5, 5.41) is 21.6. The average Bonchev–Trinajstić information content (AvgIpc) is 2.79. The fourth-order valence-corrected chi connectivity index (χ4v) is 3.46. The normalized spacial score (nSPS) is 10.5. The maximum Gasteiger partial charge on any atom is 0.170 e. The molecule has 4 N–H and O–H groups in total. The topological polar surface area (TPSA) is 103 Å². The van der Waals surface area contributed by atoms with E-state index in [1.807, 2.05) is 19.9 Å². The Kier molecular flexibility index (Phi) is 7.23. The minimum absolute atomic E-state index is 0.0533. The summed E-state index contributed by atoms with van der Waals surface area (Å²) in [5.41, 5.74) is 9.79. The first-order chi connectivity index (χ1) is 15.8. The summed E-state index contributed by atoms with van der Waals surface area (Å²) in [6.07, 6.45) is 1.91. The predicted octanol–water partition coefficient (Wildman–Crippen LogP) is 5.38. The van der Waals surface area contributed by atoms with Gasteiger partial charge in [0.1, 0.15) is 18.1 Å². The van der Waals surface area contributed by atoms with Gasteiger partial charge in [0, 0.05) is 5.56 Å². The molecule has 0 aromatic heterocycles. The summed E-state index contributed by atoms with van der Waals surface area (Å²) in [7, 11) is 4.52. The molecule has 0 saturated carbocycles. The molecule has 7 heteroatoms. The Hall–Kier alpha value is -4.00. The van der Waals surface area contributed by atoms with Gasteiger partial charge in [-0.2, -0.15) is 0 Å². The molecule has 0 bridgehead atoms. The maximum atomic E-state index is 11.2. The lowest BCUT2D eigenvalue weighted by Crippen LogP contribution is -1.98. The standard InChI is InChI=1S/C26H29NO6/c1-15(2)10-11-33-21-9-7-17(12-20(21)28)24-23(31-4)14-18(26(32-5)25(24)29)16-6-8-19(27)22(13-16)30-3/h6-10,12-14,28-29H,11,27H2,1-5H3. The van der Waals surface area contributed by atoms with E-state index < -0.39 is 0 Å². The molecule has 0 spiro atoms. The summed E-state index contributed by atoms with van der Waals surface area (Å²) in [6.45, 7) is 4.29. The first kappa shape index (κ1) is 23.7. The van der Waals surface area contributed by atoms with Crippen LogP contribution in [0.3, 0.4) is 0 Å². The first-order valence-electron chi connectivity index (χ1n) is 10.3. The lowest BCUT2D eigenvalue weighted by molar-refractivity contribution is 0.335. The first-order valence-corrected chi connectivity index (χ1v) is 10.3.